The highest BCUT2D eigenvalue weighted by molar-refractivity contribution is 8.27. The minimum Gasteiger partial charge on any atom is -0.496 e. The standard InChI is InChI=1S/C11H9NOS3/c1-13-8-5-3-2-4-7(8)6-9-10(14)12-11(15)16-9/h2-6H,1H3,(H,12,14,15). The molecular formula is C11H9NOS3. The van der Waals surface area contributed by atoms with Gasteiger partial charge in [0.1, 0.15) is 15.1 Å². The lowest BCUT2D eigenvalue weighted by molar-refractivity contribution is 0.414. The van der Waals surface area contributed by atoms with Gasteiger partial charge in [0.2, 0.25) is 0 Å². The molecule has 1 heterocycles. The third kappa shape index (κ3) is 2.42. The smallest absolute Gasteiger partial charge is 0.143 e. The molecular weight excluding hydrogens is 258 g/mol. The average Bonchev–Trinajstić information content (AvgIpc) is 2.58. The van der Waals surface area contributed by atoms with Crippen LogP contribution in [-0.4, -0.2) is 16.4 Å². The first-order valence-corrected chi connectivity index (χ1v) is 6.22. The number of para-hydroxylation sites is 1. The van der Waals surface area contributed by atoms with Crippen LogP contribution in [0.25, 0.3) is 6.08 Å². The maximum atomic E-state index is 5.27. The first-order chi connectivity index (χ1) is 7.70. The Balaban J connectivity index is 2.36. The molecule has 1 aliphatic heterocycles. The van der Waals surface area contributed by atoms with Gasteiger partial charge in [-0.05, 0) is 12.1 Å². The Bertz CT molecular complexity index is 482. The topological polar surface area (TPSA) is 21.3 Å². The van der Waals surface area contributed by atoms with E-state index in [2.05, 4.69) is 5.32 Å². The van der Waals surface area contributed by atoms with Crippen molar-refractivity contribution in [3.63, 3.8) is 0 Å². The Morgan fingerprint density at radius 1 is 1.31 bits per heavy atom. The largest absolute Gasteiger partial charge is 0.496 e. The summed E-state index contributed by atoms with van der Waals surface area (Å²) in [6.07, 6.45) is 1.98. The molecule has 0 atom stereocenters. The van der Waals surface area contributed by atoms with Crippen molar-refractivity contribution in [1.29, 1.82) is 0 Å². The lowest BCUT2D eigenvalue weighted by Gasteiger charge is -2.04. The molecule has 5 heteroatoms. The van der Waals surface area contributed by atoms with Crippen molar-refractivity contribution in [3.8, 4) is 5.75 Å². The monoisotopic (exact) mass is 267 g/mol. The zero-order chi connectivity index (χ0) is 11.5. The summed E-state index contributed by atoms with van der Waals surface area (Å²) in [4.78, 5) is 1.64. The van der Waals surface area contributed by atoms with Gasteiger partial charge in [0.25, 0.3) is 0 Å². The van der Waals surface area contributed by atoms with Crippen LogP contribution in [-0.2, 0) is 0 Å². The fourth-order valence-corrected chi connectivity index (χ4v) is 2.82. The molecule has 0 aliphatic carbocycles. The fraction of sp³-hybridized carbons (Fsp3) is 0.0909. The molecule has 1 saturated heterocycles. The molecule has 0 saturated carbocycles. The first kappa shape index (κ1) is 11.6. The fourth-order valence-electron chi connectivity index (χ4n) is 1.35. The van der Waals surface area contributed by atoms with Crippen LogP contribution in [0.4, 0.5) is 0 Å². The lowest BCUT2D eigenvalue weighted by Crippen LogP contribution is -2.15. The van der Waals surface area contributed by atoms with E-state index in [0.717, 1.165) is 16.2 Å². The molecule has 1 fully saturated rings. The zero-order valence-electron chi connectivity index (χ0n) is 8.52. The quantitative estimate of drug-likeness (QED) is 0.655. The van der Waals surface area contributed by atoms with E-state index in [-0.39, 0.29) is 0 Å². The number of benzene rings is 1. The van der Waals surface area contributed by atoms with Crippen LogP contribution in [0.15, 0.2) is 29.2 Å². The molecule has 1 aromatic rings. The molecule has 16 heavy (non-hydrogen) atoms. The first-order valence-electron chi connectivity index (χ1n) is 4.58. The van der Waals surface area contributed by atoms with Crippen molar-refractivity contribution in [1.82, 2.24) is 5.32 Å². The Hall–Kier alpha value is -0.910. The molecule has 0 aromatic heterocycles. The van der Waals surface area contributed by atoms with Gasteiger partial charge in [-0.25, -0.2) is 0 Å². The van der Waals surface area contributed by atoms with Gasteiger partial charge in [0, 0.05) is 5.56 Å². The van der Waals surface area contributed by atoms with Gasteiger partial charge >= 0.3 is 0 Å². The number of hydrogen-bond acceptors (Lipinski definition) is 4. The van der Waals surface area contributed by atoms with E-state index >= 15 is 0 Å². The van der Waals surface area contributed by atoms with E-state index in [9.17, 15) is 0 Å². The van der Waals surface area contributed by atoms with Gasteiger partial charge in [0.05, 0.1) is 12.0 Å². The molecule has 2 rings (SSSR count). The normalized spacial score (nSPS) is 17.7. The highest BCUT2D eigenvalue weighted by Crippen LogP contribution is 2.29. The van der Waals surface area contributed by atoms with Crippen molar-refractivity contribution in [2.75, 3.05) is 7.11 Å². The number of hydrogen-bond donors (Lipinski definition) is 1. The summed E-state index contributed by atoms with van der Waals surface area (Å²) in [7, 11) is 1.65. The van der Waals surface area contributed by atoms with Crippen LogP contribution in [0.1, 0.15) is 5.56 Å². The maximum absolute atomic E-state index is 5.27. The summed E-state index contributed by atoms with van der Waals surface area (Å²) in [5, 5.41) is 2.94. The van der Waals surface area contributed by atoms with Gasteiger partial charge in [-0.1, -0.05) is 54.4 Å². The number of nitrogens with one attached hydrogen (secondary N) is 1. The van der Waals surface area contributed by atoms with Crippen LogP contribution < -0.4 is 10.1 Å². The van der Waals surface area contributed by atoms with Crippen molar-refractivity contribution < 1.29 is 4.74 Å². The molecule has 0 radical (unpaired) electrons. The molecule has 2 nitrogen and oxygen atoms in total. The Kier molecular flexibility index (Phi) is 3.58. The number of ether oxygens (including phenoxy) is 1. The van der Waals surface area contributed by atoms with Crippen LogP contribution in [0.3, 0.4) is 0 Å². The van der Waals surface area contributed by atoms with Crippen LogP contribution in [0.2, 0.25) is 0 Å². The molecule has 0 unspecified atom stereocenters. The summed E-state index contributed by atoms with van der Waals surface area (Å²) in [6, 6.07) is 7.80. The van der Waals surface area contributed by atoms with Crippen LogP contribution in [0, 0.1) is 0 Å². The Morgan fingerprint density at radius 3 is 2.69 bits per heavy atom. The Labute approximate surface area is 109 Å². The zero-order valence-corrected chi connectivity index (χ0v) is 11.0. The van der Waals surface area contributed by atoms with E-state index in [1.165, 1.54) is 11.8 Å². The third-order valence-corrected chi connectivity index (χ3v) is 3.70. The number of methoxy groups -OCH3 is 1. The van der Waals surface area contributed by atoms with Gasteiger partial charge in [0.15, 0.2) is 0 Å². The molecule has 1 N–H and O–H groups in total. The molecule has 1 aromatic carbocycles. The lowest BCUT2D eigenvalue weighted by atomic mass is 10.2. The highest BCUT2D eigenvalue weighted by atomic mass is 32.2. The van der Waals surface area contributed by atoms with E-state index in [1.54, 1.807) is 7.11 Å². The number of thioether (sulfide) groups is 1. The molecule has 1 aliphatic rings. The van der Waals surface area contributed by atoms with E-state index < -0.39 is 0 Å². The second-order valence-electron chi connectivity index (χ2n) is 3.09. The second-order valence-corrected chi connectivity index (χ2v) is 5.22. The second kappa shape index (κ2) is 4.95. The van der Waals surface area contributed by atoms with Gasteiger partial charge in [-0.3, -0.25) is 0 Å². The third-order valence-electron chi connectivity index (χ3n) is 2.07. The predicted octanol–water partition coefficient (Wildman–Crippen LogP) is 2.98. The summed E-state index contributed by atoms with van der Waals surface area (Å²) in [5.41, 5.74) is 1.00. The number of rotatable bonds is 2. The van der Waals surface area contributed by atoms with E-state index in [4.69, 9.17) is 29.2 Å². The minimum absolute atomic E-state index is 0.681. The Morgan fingerprint density at radius 2 is 2.06 bits per heavy atom. The van der Waals surface area contributed by atoms with Gasteiger partial charge < -0.3 is 10.1 Å². The van der Waals surface area contributed by atoms with Crippen LogP contribution in [0.5, 0.6) is 5.75 Å². The summed E-state index contributed by atoms with van der Waals surface area (Å²) in [5.74, 6) is 0.830. The molecule has 0 bridgehead atoms. The average molecular weight is 267 g/mol. The van der Waals surface area contributed by atoms with E-state index in [0.29, 0.717) is 9.31 Å². The highest BCUT2D eigenvalue weighted by Gasteiger charge is 2.18. The summed E-state index contributed by atoms with van der Waals surface area (Å²) >= 11 is 11.7. The summed E-state index contributed by atoms with van der Waals surface area (Å²) < 4.78 is 5.97. The number of thiocarbonyl (C=S) groups is 2. The van der Waals surface area contributed by atoms with Gasteiger partial charge in [-0.2, -0.15) is 0 Å². The van der Waals surface area contributed by atoms with Crippen molar-refractivity contribution in [2.24, 2.45) is 0 Å². The van der Waals surface area contributed by atoms with Gasteiger partial charge in [-0.15, -0.1) is 0 Å². The SMILES string of the molecule is COc1ccccc1C=C1SC(=S)NC1=S. The molecule has 0 spiro atoms. The van der Waals surface area contributed by atoms with Crippen molar-refractivity contribution >= 4 is 51.6 Å². The van der Waals surface area contributed by atoms with Crippen LogP contribution >= 0.6 is 36.2 Å². The van der Waals surface area contributed by atoms with Crippen molar-refractivity contribution in [3.05, 3.63) is 34.7 Å². The minimum atomic E-state index is 0.681. The van der Waals surface area contributed by atoms with Crippen molar-refractivity contribution in [2.45, 2.75) is 0 Å². The summed E-state index contributed by atoms with van der Waals surface area (Å²) in [6.45, 7) is 0. The molecule has 0 amide bonds. The maximum Gasteiger partial charge on any atom is 0.143 e. The predicted molar refractivity (Wildman–Crippen MR) is 76.9 cm³/mol. The van der Waals surface area contributed by atoms with E-state index in [1.807, 2.05) is 30.3 Å². The molecule has 82 valence electrons.